The van der Waals surface area contributed by atoms with E-state index >= 15 is 0 Å². The Balaban J connectivity index is 1.55. The summed E-state index contributed by atoms with van der Waals surface area (Å²) >= 11 is 0. The molecule has 2 heterocycles. The van der Waals surface area contributed by atoms with E-state index in [9.17, 15) is 4.79 Å². The molecular formula is C17H20N4O. The molecule has 5 nitrogen and oxygen atoms in total. The molecule has 2 aromatic heterocycles. The Hall–Kier alpha value is -2.17. The van der Waals surface area contributed by atoms with E-state index < -0.39 is 0 Å². The molecule has 1 fully saturated rings. The zero-order chi connectivity index (χ0) is 14.9. The molecule has 1 saturated carbocycles. The Morgan fingerprint density at radius 3 is 2.77 bits per heavy atom. The van der Waals surface area contributed by atoms with Crippen LogP contribution in [-0.4, -0.2) is 20.6 Å². The van der Waals surface area contributed by atoms with Crippen LogP contribution >= 0.6 is 0 Å². The van der Waals surface area contributed by atoms with E-state index in [1.165, 1.54) is 24.1 Å². The molecule has 0 amide bonds. The van der Waals surface area contributed by atoms with Gasteiger partial charge in [-0.2, -0.15) is 0 Å². The lowest BCUT2D eigenvalue weighted by Gasteiger charge is -2.27. The first-order valence-corrected chi connectivity index (χ1v) is 8.05. The Morgan fingerprint density at radius 1 is 1.18 bits per heavy atom. The normalized spacial score (nSPS) is 20.5. The minimum absolute atomic E-state index is 0.156. The van der Waals surface area contributed by atoms with E-state index in [4.69, 9.17) is 0 Å². The molecule has 2 aliphatic carbocycles. The summed E-state index contributed by atoms with van der Waals surface area (Å²) in [4.78, 5) is 20.6. The summed E-state index contributed by atoms with van der Waals surface area (Å²) in [7, 11) is 0. The second-order valence-electron chi connectivity index (χ2n) is 6.35. The van der Waals surface area contributed by atoms with E-state index in [2.05, 4.69) is 15.3 Å². The smallest absolute Gasteiger partial charge is 0.250 e. The Kier molecular flexibility index (Phi) is 3.41. The number of rotatable bonds is 4. The lowest BCUT2D eigenvalue weighted by molar-refractivity contribution is 0.521. The summed E-state index contributed by atoms with van der Waals surface area (Å²) in [6.07, 6.45) is 8.93. The van der Waals surface area contributed by atoms with Gasteiger partial charge in [0.05, 0.1) is 0 Å². The van der Waals surface area contributed by atoms with Crippen LogP contribution in [0.1, 0.15) is 30.5 Å². The molecule has 1 unspecified atom stereocenters. The molecule has 0 saturated heterocycles. The van der Waals surface area contributed by atoms with E-state index in [1.54, 1.807) is 18.5 Å². The molecular weight excluding hydrogens is 276 g/mol. The maximum absolute atomic E-state index is 12.2. The SMILES string of the molecule is O=c1ccc2c(n1CC1CC1)CCC(Nc1ncccn1)C2. The van der Waals surface area contributed by atoms with Gasteiger partial charge in [0.2, 0.25) is 5.95 Å². The van der Waals surface area contributed by atoms with E-state index in [0.29, 0.717) is 12.0 Å². The molecule has 5 heteroatoms. The van der Waals surface area contributed by atoms with Crippen molar-refractivity contribution in [3.8, 4) is 0 Å². The van der Waals surface area contributed by atoms with Gasteiger partial charge in [-0.05, 0) is 49.7 Å². The monoisotopic (exact) mass is 296 g/mol. The van der Waals surface area contributed by atoms with Crippen molar-refractivity contribution in [2.45, 2.75) is 44.7 Å². The van der Waals surface area contributed by atoms with E-state index in [0.717, 1.165) is 31.7 Å². The van der Waals surface area contributed by atoms with Crippen molar-refractivity contribution < 1.29 is 0 Å². The third-order valence-electron chi connectivity index (χ3n) is 4.62. The fraction of sp³-hybridized carbons (Fsp3) is 0.471. The number of aromatic nitrogens is 3. The minimum atomic E-state index is 0.156. The fourth-order valence-corrected chi connectivity index (χ4v) is 3.26. The van der Waals surface area contributed by atoms with Gasteiger partial charge in [-0.15, -0.1) is 0 Å². The molecule has 4 rings (SSSR count). The minimum Gasteiger partial charge on any atom is -0.351 e. The van der Waals surface area contributed by atoms with Crippen LogP contribution in [0, 0.1) is 5.92 Å². The highest BCUT2D eigenvalue weighted by Gasteiger charge is 2.26. The van der Waals surface area contributed by atoms with Crippen LogP contribution in [0.4, 0.5) is 5.95 Å². The number of nitrogens with one attached hydrogen (secondary N) is 1. The summed E-state index contributed by atoms with van der Waals surface area (Å²) in [5, 5.41) is 3.40. The second kappa shape index (κ2) is 5.55. The largest absolute Gasteiger partial charge is 0.351 e. The first-order chi connectivity index (χ1) is 10.8. The van der Waals surface area contributed by atoms with Gasteiger partial charge < -0.3 is 9.88 Å². The highest BCUT2D eigenvalue weighted by atomic mass is 16.1. The Morgan fingerprint density at radius 2 is 2.00 bits per heavy atom. The lowest BCUT2D eigenvalue weighted by atomic mass is 9.91. The third kappa shape index (κ3) is 2.75. The van der Waals surface area contributed by atoms with Crippen LogP contribution in [0.5, 0.6) is 0 Å². The summed E-state index contributed by atoms with van der Waals surface area (Å²) in [6, 6.07) is 5.88. The molecule has 0 radical (unpaired) electrons. The van der Waals surface area contributed by atoms with Crippen molar-refractivity contribution in [2.24, 2.45) is 5.92 Å². The van der Waals surface area contributed by atoms with Crippen molar-refractivity contribution >= 4 is 5.95 Å². The topological polar surface area (TPSA) is 59.8 Å². The molecule has 0 spiro atoms. The highest BCUT2D eigenvalue weighted by molar-refractivity contribution is 5.31. The van der Waals surface area contributed by atoms with Gasteiger partial charge in [0.1, 0.15) is 0 Å². The van der Waals surface area contributed by atoms with Gasteiger partial charge in [0.15, 0.2) is 0 Å². The standard InChI is InChI=1S/C17H20N4O/c22-16-7-4-13-10-14(20-17-18-8-1-9-19-17)5-6-15(13)21(16)11-12-2-3-12/h1,4,7-9,12,14H,2-3,5-6,10-11H2,(H,18,19,20). The molecule has 1 atom stereocenters. The fourth-order valence-electron chi connectivity index (χ4n) is 3.26. The summed E-state index contributed by atoms with van der Waals surface area (Å²) in [5.74, 6) is 1.40. The van der Waals surface area contributed by atoms with Crippen molar-refractivity contribution in [1.82, 2.24) is 14.5 Å². The van der Waals surface area contributed by atoms with Gasteiger partial charge in [-0.1, -0.05) is 6.07 Å². The number of hydrogen-bond acceptors (Lipinski definition) is 4. The van der Waals surface area contributed by atoms with Crippen LogP contribution in [0.25, 0.3) is 0 Å². The predicted octanol–water partition coefficient (Wildman–Crippen LogP) is 2.02. The van der Waals surface area contributed by atoms with Gasteiger partial charge in [-0.3, -0.25) is 4.79 Å². The van der Waals surface area contributed by atoms with Gasteiger partial charge in [-0.25, -0.2) is 9.97 Å². The van der Waals surface area contributed by atoms with Gasteiger partial charge in [0, 0.05) is 36.7 Å². The first-order valence-electron chi connectivity index (χ1n) is 8.05. The predicted molar refractivity (Wildman–Crippen MR) is 84.9 cm³/mol. The number of fused-ring (bicyclic) bond motifs is 1. The number of anilines is 1. The van der Waals surface area contributed by atoms with Crippen LogP contribution in [-0.2, 0) is 19.4 Å². The average Bonchev–Trinajstić information content (AvgIpc) is 3.35. The van der Waals surface area contributed by atoms with Crippen LogP contribution in [0.3, 0.4) is 0 Å². The van der Waals surface area contributed by atoms with E-state index in [-0.39, 0.29) is 5.56 Å². The van der Waals surface area contributed by atoms with E-state index in [1.807, 2.05) is 16.7 Å². The third-order valence-corrected chi connectivity index (χ3v) is 4.62. The average molecular weight is 296 g/mol. The van der Waals surface area contributed by atoms with Gasteiger partial charge in [0.25, 0.3) is 5.56 Å². The molecule has 22 heavy (non-hydrogen) atoms. The zero-order valence-corrected chi connectivity index (χ0v) is 12.5. The quantitative estimate of drug-likeness (QED) is 0.937. The van der Waals surface area contributed by atoms with Crippen LogP contribution < -0.4 is 10.9 Å². The maximum atomic E-state index is 12.2. The maximum Gasteiger partial charge on any atom is 0.250 e. The number of nitrogens with zero attached hydrogens (tertiary/aromatic N) is 3. The Bertz CT molecular complexity index is 721. The highest BCUT2D eigenvalue weighted by Crippen LogP contribution is 2.31. The van der Waals surface area contributed by atoms with Crippen molar-refractivity contribution in [2.75, 3.05) is 5.32 Å². The molecule has 2 aromatic rings. The van der Waals surface area contributed by atoms with Crippen LogP contribution in [0.15, 0.2) is 35.4 Å². The molecule has 114 valence electrons. The number of pyridine rings is 1. The number of hydrogen-bond donors (Lipinski definition) is 1. The van der Waals surface area contributed by atoms with Crippen LogP contribution in [0.2, 0.25) is 0 Å². The molecule has 0 bridgehead atoms. The Labute approximate surface area is 129 Å². The first kappa shape index (κ1) is 13.5. The molecule has 0 aliphatic heterocycles. The van der Waals surface area contributed by atoms with Crippen molar-refractivity contribution in [1.29, 1.82) is 0 Å². The summed E-state index contributed by atoms with van der Waals surface area (Å²) in [5.41, 5.74) is 2.69. The van der Waals surface area contributed by atoms with Crippen molar-refractivity contribution in [3.05, 3.63) is 52.2 Å². The molecule has 0 aromatic carbocycles. The second-order valence-corrected chi connectivity index (χ2v) is 6.35. The zero-order valence-electron chi connectivity index (χ0n) is 12.5. The summed E-state index contributed by atoms with van der Waals surface area (Å²) in [6.45, 7) is 0.905. The molecule has 2 aliphatic rings. The molecule has 1 N–H and O–H groups in total. The lowest BCUT2D eigenvalue weighted by Crippen LogP contribution is -2.33. The van der Waals surface area contributed by atoms with Gasteiger partial charge >= 0.3 is 0 Å². The van der Waals surface area contributed by atoms with Crippen molar-refractivity contribution in [3.63, 3.8) is 0 Å². The summed E-state index contributed by atoms with van der Waals surface area (Å²) < 4.78 is 2.02.